The number of nitrogens with one attached hydrogen (secondary N) is 1. The molecule has 0 unspecified atom stereocenters. The third-order valence-corrected chi connectivity index (χ3v) is 3.81. The first-order valence-corrected chi connectivity index (χ1v) is 7.99. The van der Waals surface area contributed by atoms with Gasteiger partial charge in [-0.1, -0.05) is 30.7 Å². The van der Waals surface area contributed by atoms with Crippen LogP contribution in [-0.4, -0.2) is 11.0 Å². The first kappa shape index (κ1) is 18.9. The number of ether oxygens (including phenoxy) is 1. The van der Waals surface area contributed by atoms with E-state index in [4.69, 9.17) is 4.74 Å². The number of halogens is 2. The number of aliphatic hydroxyl groups excluding tert-OH is 1. The lowest BCUT2D eigenvalue weighted by atomic mass is 10.1. The molecule has 0 aromatic heterocycles. The lowest BCUT2D eigenvalue weighted by Gasteiger charge is -2.17. The molecule has 0 aliphatic heterocycles. The molecule has 2 rings (SSSR count). The minimum absolute atomic E-state index is 0.0428. The zero-order valence-electron chi connectivity index (χ0n) is 14.2. The molecule has 6 heteroatoms. The lowest BCUT2D eigenvalue weighted by molar-refractivity contribution is -0.115. The molecule has 2 N–H and O–H groups in total. The van der Waals surface area contributed by atoms with Crippen LogP contribution in [-0.2, 0) is 18.0 Å². The van der Waals surface area contributed by atoms with Crippen molar-refractivity contribution in [3.63, 3.8) is 0 Å². The SMILES string of the molecule is CCC(=O)Nc1cccc(CO)c1COc1ccc(C)cc1C(F)F. The summed E-state index contributed by atoms with van der Waals surface area (Å²) in [5.74, 6) is -0.0962. The molecule has 25 heavy (non-hydrogen) atoms. The highest BCUT2D eigenvalue weighted by Crippen LogP contribution is 2.31. The number of anilines is 1. The third-order valence-electron chi connectivity index (χ3n) is 3.81. The predicted octanol–water partition coefficient (Wildman–Crippen LogP) is 4.35. The summed E-state index contributed by atoms with van der Waals surface area (Å²) in [6, 6.07) is 9.67. The Hall–Kier alpha value is -2.47. The maximum Gasteiger partial charge on any atom is 0.267 e. The number of amides is 1. The summed E-state index contributed by atoms with van der Waals surface area (Å²) >= 11 is 0. The molecule has 2 aromatic rings. The van der Waals surface area contributed by atoms with E-state index >= 15 is 0 Å². The molecule has 0 aliphatic rings. The van der Waals surface area contributed by atoms with Crippen molar-refractivity contribution >= 4 is 11.6 Å². The summed E-state index contributed by atoms with van der Waals surface area (Å²) in [6.07, 6.45) is -2.35. The van der Waals surface area contributed by atoms with Crippen LogP contribution in [0.4, 0.5) is 14.5 Å². The molecule has 0 aliphatic carbocycles. The normalized spacial score (nSPS) is 10.8. The minimum Gasteiger partial charge on any atom is -0.488 e. The van der Waals surface area contributed by atoms with Gasteiger partial charge in [0, 0.05) is 17.7 Å². The lowest BCUT2D eigenvalue weighted by Crippen LogP contribution is -2.13. The van der Waals surface area contributed by atoms with Crippen molar-refractivity contribution in [2.24, 2.45) is 0 Å². The van der Waals surface area contributed by atoms with Gasteiger partial charge in [-0.2, -0.15) is 0 Å². The summed E-state index contributed by atoms with van der Waals surface area (Å²) < 4.78 is 32.0. The number of hydrogen-bond acceptors (Lipinski definition) is 3. The molecule has 0 saturated carbocycles. The molecular formula is C19H21F2NO3. The Bertz CT molecular complexity index is 747. The molecule has 2 aromatic carbocycles. The van der Waals surface area contributed by atoms with E-state index < -0.39 is 6.43 Å². The van der Waals surface area contributed by atoms with E-state index in [0.717, 1.165) is 0 Å². The quantitative estimate of drug-likeness (QED) is 0.781. The van der Waals surface area contributed by atoms with E-state index in [-0.39, 0.29) is 30.4 Å². The van der Waals surface area contributed by atoms with Crippen LogP contribution in [0.1, 0.15) is 42.0 Å². The van der Waals surface area contributed by atoms with Crippen molar-refractivity contribution in [1.29, 1.82) is 0 Å². The number of rotatable bonds is 7. The van der Waals surface area contributed by atoms with E-state index in [9.17, 15) is 18.7 Å². The number of benzene rings is 2. The van der Waals surface area contributed by atoms with Gasteiger partial charge in [0.05, 0.1) is 12.2 Å². The fraction of sp³-hybridized carbons (Fsp3) is 0.316. The zero-order chi connectivity index (χ0) is 18.4. The van der Waals surface area contributed by atoms with Gasteiger partial charge < -0.3 is 15.2 Å². The maximum atomic E-state index is 13.2. The van der Waals surface area contributed by atoms with Crippen LogP contribution in [0, 0.1) is 6.92 Å². The number of carbonyl (C=O) groups is 1. The Morgan fingerprint density at radius 2 is 2.04 bits per heavy atom. The monoisotopic (exact) mass is 349 g/mol. The van der Waals surface area contributed by atoms with E-state index in [2.05, 4.69) is 5.32 Å². The van der Waals surface area contributed by atoms with Crippen LogP contribution in [0.15, 0.2) is 36.4 Å². The van der Waals surface area contributed by atoms with Crippen LogP contribution >= 0.6 is 0 Å². The van der Waals surface area contributed by atoms with Crippen molar-refractivity contribution in [3.8, 4) is 5.75 Å². The van der Waals surface area contributed by atoms with Crippen molar-refractivity contribution in [1.82, 2.24) is 0 Å². The first-order chi connectivity index (χ1) is 12.0. The second-order valence-corrected chi connectivity index (χ2v) is 5.63. The minimum atomic E-state index is -2.65. The topological polar surface area (TPSA) is 58.6 Å². The summed E-state index contributed by atoms with van der Waals surface area (Å²) in [4.78, 5) is 11.7. The highest BCUT2D eigenvalue weighted by atomic mass is 19.3. The average Bonchev–Trinajstić information content (AvgIpc) is 2.60. The van der Waals surface area contributed by atoms with Gasteiger partial charge in [-0.05, 0) is 30.7 Å². The van der Waals surface area contributed by atoms with Gasteiger partial charge in [-0.25, -0.2) is 8.78 Å². The predicted molar refractivity (Wildman–Crippen MR) is 91.8 cm³/mol. The standard InChI is InChI=1S/C19H21F2NO3/c1-3-18(24)22-16-6-4-5-13(10-23)15(16)11-25-17-8-7-12(2)9-14(17)19(20)21/h4-9,19,23H,3,10-11H2,1-2H3,(H,22,24). The van der Waals surface area contributed by atoms with Crippen molar-refractivity contribution in [2.45, 2.75) is 39.9 Å². The number of carbonyl (C=O) groups excluding carboxylic acids is 1. The Morgan fingerprint density at radius 3 is 2.68 bits per heavy atom. The second-order valence-electron chi connectivity index (χ2n) is 5.63. The van der Waals surface area contributed by atoms with Crippen LogP contribution in [0.5, 0.6) is 5.75 Å². The molecule has 0 fully saturated rings. The Kier molecular flexibility index (Phi) is 6.47. The number of hydrogen-bond donors (Lipinski definition) is 2. The summed E-state index contributed by atoms with van der Waals surface area (Å²) in [7, 11) is 0. The molecule has 4 nitrogen and oxygen atoms in total. The van der Waals surface area contributed by atoms with Crippen LogP contribution in [0.25, 0.3) is 0 Å². The summed E-state index contributed by atoms with van der Waals surface area (Å²) in [6.45, 7) is 3.17. The smallest absolute Gasteiger partial charge is 0.267 e. The second kappa shape index (κ2) is 8.58. The Balaban J connectivity index is 2.30. The van der Waals surface area contributed by atoms with Gasteiger partial charge in [-0.15, -0.1) is 0 Å². The molecule has 0 spiro atoms. The third kappa shape index (κ3) is 4.76. The zero-order valence-corrected chi connectivity index (χ0v) is 14.2. The van der Waals surface area contributed by atoms with Crippen LogP contribution in [0.2, 0.25) is 0 Å². The van der Waals surface area contributed by atoms with Crippen LogP contribution in [0.3, 0.4) is 0 Å². The van der Waals surface area contributed by atoms with E-state index in [0.29, 0.717) is 28.8 Å². The summed E-state index contributed by atoms with van der Waals surface area (Å²) in [5.41, 5.74) is 2.17. The molecular weight excluding hydrogens is 328 g/mol. The molecule has 0 radical (unpaired) electrons. The number of aryl methyl sites for hydroxylation is 1. The molecule has 1 amide bonds. The van der Waals surface area contributed by atoms with Gasteiger partial charge >= 0.3 is 0 Å². The molecule has 0 saturated heterocycles. The van der Waals surface area contributed by atoms with E-state index in [1.54, 1.807) is 38.1 Å². The maximum absolute atomic E-state index is 13.2. The van der Waals surface area contributed by atoms with Gasteiger partial charge in [0.15, 0.2) is 0 Å². The highest BCUT2D eigenvalue weighted by molar-refractivity contribution is 5.91. The number of alkyl halides is 2. The fourth-order valence-electron chi connectivity index (χ4n) is 2.43. The molecule has 0 heterocycles. The van der Waals surface area contributed by atoms with Gasteiger partial charge in [0.1, 0.15) is 12.4 Å². The van der Waals surface area contributed by atoms with Gasteiger partial charge in [0.25, 0.3) is 6.43 Å². The van der Waals surface area contributed by atoms with E-state index in [1.165, 1.54) is 12.1 Å². The Morgan fingerprint density at radius 1 is 1.28 bits per heavy atom. The summed E-state index contributed by atoms with van der Waals surface area (Å²) in [5, 5.41) is 12.3. The molecule has 134 valence electrons. The largest absolute Gasteiger partial charge is 0.488 e. The van der Waals surface area contributed by atoms with Crippen molar-refractivity contribution in [2.75, 3.05) is 5.32 Å². The van der Waals surface area contributed by atoms with E-state index in [1.807, 2.05) is 0 Å². The fourth-order valence-corrected chi connectivity index (χ4v) is 2.43. The van der Waals surface area contributed by atoms with Crippen molar-refractivity contribution in [3.05, 3.63) is 58.7 Å². The average molecular weight is 349 g/mol. The molecule has 0 atom stereocenters. The molecule has 0 bridgehead atoms. The van der Waals surface area contributed by atoms with Crippen molar-refractivity contribution < 1.29 is 23.4 Å². The Labute approximate surface area is 145 Å². The van der Waals surface area contributed by atoms with Gasteiger partial charge in [0.2, 0.25) is 5.91 Å². The number of aliphatic hydroxyl groups is 1. The highest BCUT2D eigenvalue weighted by Gasteiger charge is 2.16. The van der Waals surface area contributed by atoms with Gasteiger partial charge in [-0.3, -0.25) is 4.79 Å². The van der Waals surface area contributed by atoms with Crippen LogP contribution < -0.4 is 10.1 Å². The first-order valence-electron chi connectivity index (χ1n) is 7.99.